The predicted molar refractivity (Wildman–Crippen MR) is 235 cm³/mol. The second-order valence-electron chi connectivity index (χ2n) is 16.6. The van der Waals surface area contributed by atoms with Crippen molar-refractivity contribution in [2.75, 3.05) is 95.7 Å². The summed E-state index contributed by atoms with van der Waals surface area (Å²) in [6, 6.07) is 13.4. The van der Waals surface area contributed by atoms with E-state index in [-0.39, 0.29) is 54.9 Å². The van der Waals surface area contributed by atoms with Gasteiger partial charge >= 0.3 is 0 Å². The molecule has 1 aromatic heterocycles. The fraction of sp³-hybridized carbons (Fsp3) is 0.413. The molecule has 4 aromatic rings. The molecule has 2 unspecified atom stereocenters. The van der Waals surface area contributed by atoms with Crippen LogP contribution in [0.1, 0.15) is 56.0 Å². The average Bonchev–Trinajstić information content (AvgIpc) is 3.95. The zero-order chi connectivity index (χ0) is 47.2. The summed E-state index contributed by atoms with van der Waals surface area (Å²) in [5.74, 6) is -5.80. The molecule has 0 spiro atoms. The normalized spacial score (nSPS) is 20.0. The lowest BCUT2D eigenvalue weighted by atomic mass is 10.0. The number of H-pyrrole nitrogens is 1. The van der Waals surface area contributed by atoms with Gasteiger partial charge < -0.3 is 44.7 Å². The number of piperidine rings is 1. The van der Waals surface area contributed by atoms with E-state index in [1.807, 2.05) is 0 Å². The Morgan fingerprint density at radius 1 is 0.791 bits per heavy atom. The summed E-state index contributed by atoms with van der Waals surface area (Å²) in [5, 5.41) is 19.5. The van der Waals surface area contributed by atoms with Crippen molar-refractivity contribution in [2.24, 2.45) is 0 Å². The highest BCUT2D eigenvalue weighted by molar-refractivity contribution is 6.24. The molecule has 4 aliphatic rings. The van der Waals surface area contributed by atoms with Gasteiger partial charge in [-0.2, -0.15) is 0 Å². The number of benzene rings is 3. The molecule has 21 heteroatoms. The number of imide groups is 2. The number of amides is 7. The number of anilines is 2. The molecule has 354 valence electrons. The number of aromatic nitrogens is 1. The number of ether oxygens (including phenoxy) is 3. The van der Waals surface area contributed by atoms with Crippen molar-refractivity contribution in [1.82, 2.24) is 30.3 Å². The van der Waals surface area contributed by atoms with Crippen LogP contribution in [-0.2, 0) is 39.9 Å². The molecule has 4 aliphatic heterocycles. The van der Waals surface area contributed by atoms with E-state index in [4.69, 9.17) is 14.2 Å². The summed E-state index contributed by atoms with van der Waals surface area (Å²) < 4.78 is 44.1. The van der Waals surface area contributed by atoms with E-state index in [0.717, 1.165) is 17.0 Å². The number of piperazine rings is 1. The van der Waals surface area contributed by atoms with Crippen molar-refractivity contribution in [2.45, 2.75) is 37.5 Å². The van der Waals surface area contributed by atoms with E-state index in [9.17, 15) is 47.4 Å². The predicted octanol–water partition coefficient (Wildman–Crippen LogP) is 1.55. The summed E-state index contributed by atoms with van der Waals surface area (Å²) in [6.07, 6.45) is -0.0424. The fourth-order valence-corrected chi connectivity index (χ4v) is 8.54. The van der Waals surface area contributed by atoms with E-state index in [1.54, 1.807) is 47.4 Å². The molecule has 0 bridgehead atoms. The molecular weight excluding hydrogens is 879 g/mol. The van der Waals surface area contributed by atoms with E-state index in [1.165, 1.54) is 4.90 Å². The molecule has 2 atom stereocenters. The van der Waals surface area contributed by atoms with Crippen molar-refractivity contribution >= 4 is 63.6 Å². The molecule has 3 saturated heterocycles. The highest BCUT2D eigenvalue weighted by Gasteiger charge is 2.52. The average molecular weight is 929 g/mol. The highest BCUT2D eigenvalue weighted by atomic mass is 19.1. The SMILES string of the molecule is O=C1CCC(N2C(=O)c3ccc(NCCOCCOCCOCCN4CCN(C(=O)c5cc6cc(N7CCC(O)(C(=O)NCc8cc(F)cc(F)c8)C7=O)ccc6[nH]5)CC4)cc3C2=O)C(=O)N1. The summed E-state index contributed by atoms with van der Waals surface area (Å²) in [4.78, 5) is 98.8. The molecule has 19 nitrogen and oxygen atoms in total. The summed E-state index contributed by atoms with van der Waals surface area (Å²) >= 11 is 0. The Balaban J connectivity index is 0.676. The molecule has 8 rings (SSSR count). The summed E-state index contributed by atoms with van der Waals surface area (Å²) in [6.45, 7) is 5.68. The first kappa shape index (κ1) is 46.9. The summed E-state index contributed by atoms with van der Waals surface area (Å²) in [7, 11) is 0. The van der Waals surface area contributed by atoms with Gasteiger partial charge in [0.1, 0.15) is 23.4 Å². The number of carbonyl (C=O) groups excluding carboxylic acids is 7. The van der Waals surface area contributed by atoms with Crippen LogP contribution < -0.4 is 20.9 Å². The molecule has 0 aliphatic carbocycles. The lowest BCUT2D eigenvalue weighted by Crippen LogP contribution is -2.54. The number of hydrogen-bond donors (Lipinski definition) is 5. The topological polar surface area (TPSA) is 232 Å². The first-order valence-electron chi connectivity index (χ1n) is 22.0. The van der Waals surface area contributed by atoms with Gasteiger partial charge in [-0.15, -0.1) is 0 Å². The minimum absolute atomic E-state index is 0.0514. The highest BCUT2D eigenvalue weighted by Crippen LogP contribution is 2.32. The van der Waals surface area contributed by atoms with Crippen LogP contribution in [0.4, 0.5) is 20.2 Å². The Morgan fingerprint density at radius 2 is 1.49 bits per heavy atom. The number of rotatable bonds is 19. The molecule has 3 fully saturated rings. The van der Waals surface area contributed by atoms with E-state index in [2.05, 4.69) is 25.8 Å². The zero-order valence-electron chi connectivity index (χ0n) is 36.4. The van der Waals surface area contributed by atoms with Crippen molar-refractivity contribution < 1.29 is 61.7 Å². The van der Waals surface area contributed by atoms with Gasteiger partial charge in [-0.1, -0.05) is 0 Å². The Labute approximate surface area is 382 Å². The first-order chi connectivity index (χ1) is 32.3. The second-order valence-corrected chi connectivity index (χ2v) is 16.6. The number of nitrogens with one attached hydrogen (secondary N) is 4. The third-order valence-corrected chi connectivity index (χ3v) is 12.2. The third kappa shape index (κ3) is 10.5. The Morgan fingerprint density at radius 3 is 2.22 bits per heavy atom. The van der Waals surface area contributed by atoms with Crippen molar-refractivity contribution in [3.05, 3.63) is 94.7 Å². The molecule has 0 radical (unpaired) electrons. The molecule has 5 heterocycles. The van der Waals surface area contributed by atoms with Crippen molar-refractivity contribution in [3.8, 4) is 0 Å². The van der Waals surface area contributed by atoms with Gasteiger partial charge in [0.25, 0.3) is 29.5 Å². The number of nitrogens with zero attached hydrogens (tertiary/aromatic N) is 4. The van der Waals surface area contributed by atoms with Crippen LogP contribution in [0.3, 0.4) is 0 Å². The van der Waals surface area contributed by atoms with Crippen LogP contribution in [0.25, 0.3) is 10.9 Å². The smallest absolute Gasteiger partial charge is 0.270 e. The largest absolute Gasteiger partial charge is 0.383 e. The molecule has 3 aromatic carbocycles. The maximum Gasteiger partial charge on any atom is 0.270 e. The number of carbonyl (C=O) groups is 7. The van der Waals surface area contributed by atoms with Gasteiger partial charge in [0, 0.05) is 93.5 Å². The fourth-order valence-electron chi connectivity index (χ4n) is 8.54. The van der Waals surface area contributed by atoms with Gasteiger partial charge in [0.05, 0.1) is 50.8 Å². The van der Waals surface area contributed by atoms with Crippen LogP contribution in [0.15, 0.2) is 60.7 Å². The number of aromatic amines is 1. The molecule has 7 amide bonds. The Hall–Kier alpha value is -6.65. The maximum atomic E-state index is 13.6. The molecular formula is C46H50F2N8O11. The lowest BCUT2D eigenvalue weighted by molar-refractivity contribution is -0.149. The minimum Gasteiger partial charge on any atom is -0.383 e. The van der Waals surface area contributed by atoms with Crippen LogP contribution >= 0.6 is 0 Å². The van der Waals surface area contributed by atoms with Gasteiger partial charge in [-0.05, 0) is 66.6 Å². The monoisotopic (exact) mass is 928 g/mol. The van der Waals surface area contributed by atoms with Gasteiger partial charge in [0.15, 0.2) is 0 Å². The van der Waals surface area contributed by atoms with Crippen molar-refractivity contribution in [1.29, 1.82) is 0 Å². The van der Waals surface area contributed by atoms with Crippen LogP contribution in [0.2, 0.25) is 0 Å². The number of halogens is 2. The molecule has 67 heavy (non-hydrogen) atoms. The summed E-state index contributed by atoms with van der Waals surface area (Å²) in [5.41, 5.74) is 0.298. The van der Waals surface area contributed by atoms with E-state index < -0.39 is 58.7 Å². The first-order valence-corrected chi connectivity index (χ1v) is 22.0. The Kier molecular flexibility index (Phi) is 14.3. The van der Waals surface area contributed by atoms with Gasteiger partial charge in [-0.25, -0.2) is 8.78 Å². The quantitative estimate of drug-likeness (QED) is 0.0511. The third-order valence-electron chi connectivity index (χ3n) is 12.2. The Bertz CT molecular complexity index is 2560. The van der Waals surface area contributed by atoms with Crippen LogP contribution in [0.5, 0.6) is 0 Å². The number of aliphatic hydroxyl groups is 1. The number of fused-ring (bicyclic) bond motifs is 2. The van der Waals surface area contributed by atoms with Crippen LogP contribution in [0, 0.1) is 11.6 Å². The molecule has 0 saturated carbocycles. The van der Waals surface area contributed by atoms with Crippen LogP contribution in [-0.4, -0.2) is 163 Å². The zero-order valence-corrected chi connectivity index (χ0v) is 36.4. The molecule has 5 N–H and O–H groups in total. The second kappa shape index (κ2) is 20.5. The minimum atomic E-state index is -2.36. The maximum absolute atomic E-state index is 13.6. The van der Waals surface area contributed by atoms with Crippen molar-refractivity contribution in [3.63, 3.8) is 0 Å². The van der Waals surface area contributed by atoms with E-state index >= 15 is 0 Å². The standard InChI is InChI=1S/C46H50F2N8O11/c47-30-21-28(22-31(48)25-30)27-50-44(62)46(64)7-9-55(45(46)63)33-2-4-36-29(23-33)24-37(51-36)43(61)54-12-10-53(11-13-54)14-16-66-18-20-67-19-17-65-15-8-49-32-1-3-34-35(26-32)42(60)56(41(34)59)38-5-6-39(57)52-40(38)58/h1-4,21-26,38,49,51,64H,5-20,27H2,(H,50,62)(H,52,57,58). The van der Waals surface area contributed by atoms with Gasteiger partial charge in [-0.3, -0.25) is 48.7 Å². The van der Waals surface area contributed by atoms with Gasteiger partial charge in [0.2, 0.25) is 17.4 Å². The van der Waals surface area contributed by atoms with E-state index in [0.29, 0.717) is 113 Å². The lowest BCUT2D eigenvalue weighted by Gasteiger charge is -2.34. The number of hydrogen-bond acceptors (Lipinski definition) is 13.